The highest BCUT2D eigenvalue weighted by molar-refractivity contribution is 6.04. The van der Waals surface area contributed by atoms with Crippen molar-refractivity contribution < 1.29 is 28.8 Å². The van der Waals surface area contributed by atoms with Crippen molar-refractivity contribution >= 4 is 23.2 Å². The molecular formula is C17H21NO7. The largest absolute Gasteiger partial charge is 0.463 e. The summed E-state index contributed by atoms with van der Waals surface area (Å²) in [4.78, 5) is 47.2. The number of Topliss-reactive ketones (excluding diaryl/α,β-unsaturated/α-hetero) is 2. The number of hydrogen-bond donors (Lipinski definition) is 0. The minimum atomic E-state index is -1.36. The average molecular weight is 351 g/mol. The Kier molecular flexibility index (Phi) is 7.87. The summed E-state index contributed by atoms with van der Waals surface area (Å²) in [5.74, 6) is -4.24. The molecule has 8 heteroatoms. The zero-order chi connectivity index (χ0) is 19.0. The summed E-state index contributed by atoms with van der Waals surface area (Å²) in [7, 11) is 1.43. The van der Waals surface area contributed by atoms with Crippen molar-refractivity contribution in [2.45, 2.75) is 26.2 Å². The molecule has 25 heavy (non-hydrogen) atoms. The number of non-ortho nitro benzene ring substituents is 1. The Balaban J connectivity index is 3.27. The van der Waals surface area contributed by atoms with E-state index < -0.39 is 28.5 Å². The number of esters is 1. The lowest BCUT2D eigenvalue weighted by atomic mass is 9.79. The van der Waals surface area contributed by atoms with Crippen LogP contribution in [-0.2, 0) is 23.9 Å². The molecule has 0 heterocycles. The van der Waals surface area contributed by atoms with Gasteiger partial charge in [0.25, 0.3) is 5.69 Å². The van der Waals surface area contributed by atoms with Gasteiger partial charge in [0.2, 0.25) is 0 Å². The lowest BCUT2D eigenvalue weighted by Gasteiger charge is -2.23. The molecular weight excluding hydrogens is 330 g/mol. The van der Waals surface area contributed by atoms with E-state index >= 15 is 0 Å². The van der Waals surface area contributed by atoms with Gasteiger partial charge in [-0.05, 0) is 12.5 Å². The second kappa shape index (κ2) is 9.63. The number of methoxy groups -OCH3 is 1. The first-order valence-corrected chi connectivity index (χ1v) is 7.76. The number of nitro groups is 1. The van der Waals surface area contributed by atoms with Crippen LogP contribution in [0.25, 0.3) is 0 Å². The summed E-state index contributed by atoms with van der Waals surface area (Å²) in [6.07, 6.45) is 0.0719. The van der Waals surface area contributed by atoms with Crippen molar-refractivity contribution in [2.24, 2.45) is 5.92 Å². The van der Waals surface area contributed by atoms with E-state index in [9.17, 15) is 24.5 Å². The molecule has 0 fully saturated rings. The Labute approximate surface area is 145 Å². The second-order valence-electron chi connectivity index (χ2n) is 5.40. The number of carbonyl (C=O) groups excluding carboxylic acids is 3. The molecule has 0 bridgehead atoms. The van der Waals surface area contributed by atoms with Gasteiger partial charge in [-0.1, -0.05) is 19.1 Å². The normalized spacial score (nSPS) is 12.9. The van der Waals surface area contributed by atoms with E-state index in [4.69, 9.17) is 9.47 Å². The van der Waals surface area contributed by atoms with Crippen LogP contribution in [0.2, 0.25) is 0 Å². The van der Waals surface area contributed by atoms with Crippen LogP contribution >= 0.6 is 0 Å². The van der Waals surface area contributed by atoms with Gasteiger partial charge in [0.05, 0.1) is 17.4 Å². The van der Waals surface area contributed by atoms with Crippen LogP contribution in [0.1, 0.15) is 31.7 Å². The fourth-order valence-electron chi connectivity index (χ4n) is 2.47. The van der Waals surface area contributed by atoms with Gasteiger partial charge in [-0.25, -0.2) is 0 Å². The van der Waals surface area contributed by atoms with Crippen molar-refractivity contribution in [2.75, 3.05) is 20.3 Å². The van der Waals surface area contributed by atoms with E-state index in [1.54, 1.807) is 6.92 Å². The molecule has 2 atom stereocenters. The van der Waals surface area contributed by atoms with E-state index in [1.807, 2.05) is 0 Å². The fourth-order valence-corrected chi connectivity index (χ4v) is 2.47. The number of hydrogen-bond acceptors (Lipinski definition) is 7. The molecule has 8 nitrogen and oxygen atoms in total. The van der Waals surface area contributed by atoms with Gasteiger partial charge in [-0.3, -0.25) is 24.5 Å². The Hall–Kier alpha value is -2.61. The van der Waals surface area contributed by atoms with E-state index in [2.05, 4.69) is 0 Å². The van der Waals surface area contributed by atoms with Crippen molar-refractivity contribution in [3.63, 3.8) is 0 Å². The summed E-state index contributed by atoms with van der Waals surface area (Å²) >= 11 is 0. The van der Waals surface area contributed by atoms with Crippen LogP contribution in [0.15, 0.2) is 24.3 Å². The molecule has 0 aliphatic heterocycles. The summed E-state index contributed by atoms with van der Waals surface area (Å²) < 4.78 is 9.79. The number of benzene rings is 1. The molecule has 2 unspecified atom stereocenters. The van der Waals surface area contributed by atoms with Crippen LogP contribution in [0.5, 0.6) is 0 Å². The molecule has 0 amide bonds. The van der Waals surface area contributed by atoms with Crippen molar-refractivity contribution in [1.82, 2.24) is 0 Å². The lowest BCUT2D eigenvalue weighted by Crippen LogP contribution is -2.35. The molecule has 0 aliphatic rings. The van der Waals surface area contributed by atoms with E-state index in [1.165, 1.54) is 38.3 Å². The Morgan fingerprint density at radius 3 is 2.44 bits per heavy atom. The van der Waals surface area contributed by atoms with Gasteiger partial charge >= 0.3 is 5.97 Å². The van der Waals surface area contributed by atoms with Crippen molar-refractivity contribution in [3.05, 3.63) is 39.9 Å². The Bertz CT molecular complexity index is 656. The fraction of sp³-hybridized carbons (Fsp3) is 0.471. The molecule has 0 radical (unpaired) electrons. The highest BCUT2D eigenvalue weighted by atomic mass is 16.6. The molecule has 1 rings (SSSR count). The van der Waals surface area contributed by atoms with E-state index in [0.717, 1.165) is 0 Å². The SMILES string of the molecule is CCC(=O)C(c1cccc([N+](=O)[O-])c1)C(C(C)=O)C(=O)OCCOC. The number of nitrogens with zero attached hydrogens (tertiary/aromatic N) is 1. The standard InChI is InChI=1S/C17H21NO7/c1-4-14(20)16(12-6-5-7-13(10-12)18(22)23)15(11(2)19)17(21)25-9-8-24-3/h5-7,10,15-16H,4,8-9H2,1-3H3. The van der Waals surface area contributed by atoms with Gasteiger partial charge in [-0.15, -0.1) is 0 Å². The van der Waals surface area contributed by atoms with Gasteiger partial charge in [-0.2, -0.15) is 0 Å². The number of nitro benzene ring substituents is 1. The number of carbonyl (C=O) groups is 3. The molecule has 0 aromatic heterocycles. The third kappa shape index (κ3) is 5.46. The first-order valence-electron chi connectivity index (χ1n) is 7.76. The summed E-state index contributed by atoms with van der Waals surface area (Å²) in [6.45, 7) is 2.89. The smallest absolute Gasteiger partial charge is 0.317 e. The monoisotopic (exact) mass is 351 g/mol. The van der Waals surface area contributed by atoms with Gasteiger partial charge in [0.15, 0.2) is 0 Å². The molecule has 1 aromatic rings. The quantitative estimate of drug-likeness (QED) is 0.208. The minimum absolute atomic E-state index is 0.0545. The Morgan fingerprint density at radius 2 is 1.92 bits per heavy atom. The molecule has 0 aliphatic carbocycles. The molecule has 0 saturated carbocycles. The highest BCUT2D eigenvalue weighted by Crippen LogP contribution is 2.31. The third-order valence-corrected chi connectivity index (χ3v) is 3.69. The summed E-state index contributed by atoms with van der Waals surface area (Å²) in [5.41, 5.74) is 0.0198. The molecule has 0 saturated heterocycles. The number of ether oxygens (including phenoxy) is 2. The predicted octanol–water partition coefficient (Wildman–Crippen LogP) is 2.05. The summed E-state index contributed by atoms with van der Waals surface area (Å²) in [5, 5.41) is 11.0. The van der Waals surface area contributed by atoms with E-state index in [-0.39, 0.29) is 36.7 Å². The zero-order valence-corrected chi connectivity index (χ0v) is 14.4. The first kappa shape index (κ1) is 20.4. The van der Waals surface area contributed by atoms with Crippen LogP contribution < -0.4 is 0 Å². The Morgan fingerprint density at radius 1 is 1.24 bits per heavy atom. The maximum atomic E-state index is 12.4. The highest BCUT2D eigenvalue weighted by Gasteiger charge is 2.39. The van der Waals surface area contributed by atoms with Crippen LogP contribution in [0.3, 0.4) is 0 Å². The molecule has 0 N–H and O–H groups in total. The van der Waals surface area contributed by atoms with Crippen molar-refractivity contribution in [1.29, 1.82) is 0 Å². The van der Waals surface area contributed by atoms with Crippen LogP contribution in [0, 0.1) is 16.0 Å². The topological polar surface area (TPSA) is 113 Å². The third-order valence-electron chi connectivity index (χ3n) is 3.69. The second-order valence-corrected chi connectivity index (χ2v) is 5.40. The van der Waals surface area contributed by atoms with E-state index in [0.29, 0.717) is 0 Å². The molecule has 0 spiro atoms. The lowest BCUT2D eigenvalue weighted by molar-refractivity contribution is -0.384. The molecule has 1 aromatic carbocycles. The van der Waals surface area contributed by atoms with Crippen molar-refractivity contribution in [3.8, 4) is 0 Å². The minimum Gasteiger partial charge on any atom is -0.463 e. The van der Waals surface area contributed by atoms with Gasteiger partial charge in [0.1, 0.15) is 24.1 Å². The first-order chi connectivity index (χ1) is 11.8. The number of rotatable bonds is 10. The zero-order valence-electron chi connectivity index (χ0n) is 14.4. The van der Waals surface area contributed by atoms with Gasteiger partial charge < -0.3 is 9.47 Å². The van der Waals surface area contributed by atoms with Crippen LogP contribution in [-0.4, -0.2) is 42.8 Å². The summed E-state index contributed by atoms with van der Waals surface area (Å²) in [6, 6.07) is 5.38. The average Bonchev–Trinajstić information content (AvgIpc) is 2.58. The van der Waals surface area contributed by atoms with Gasteiger partial charge in [0, 0.05) is 25.7 Å². The molecule has 136 valence electrons. The maximum absolute atomic E-state index is 12.4. The van der Waals surface area contributed by atoms with Crippen LogP contribution in [0.4, 0.5) is 5.69 Å². The maximum Gasteiger partial charge on any atom is 0.317 e. The predicted molar refractivity (Wildman–Crippen MR) is 88.1 cm³/mol. The number of ketones is 2.